The third-order valence-corrected chi connectivity index (χ3v) is 3.99. The Morgan fingerprint density at radius 3 is 2.69 bits per heavy atom. The molecule has 1 aliphatic rings. The smallest absolute Gasteiger partial charge is 0.320 e. The second-order valence-corrected chi connectivity index (χ2v) is 5.54. The summed E-state index contributed by atoms with van der Waals surface area (Å²) < 4.78 is 0. The van der Waals surface area contributed by atoms with Gasteiger partial charge in [-0.1, -0.05) is 11.6 Å². The number of benzene rings is 1. The van der Waals surface area contributed by atoms with Crippen LogP contribution in [0.2, 0.25) is 5.02 Å². The Balaban J connectivity index is 1.92. The molecule has 5 heteroatoms. The molecular weight excluding hydrogens is 246 g/mol. The van der Waals surface area contributed by atoms with E-state index in [0.29, 0.717) is 11.7 Å². The van der Waals surface area contributed by atoms with E-state index in [9.17, 15) is 4.79 Å². The molecule has 16 heavy (non-hydrogen) atoms. The van der Waals surface area contributed by atoms with Crippen LogP contribution in [-0.2, 0) is 4.79 Å². The first-order valence-corrected chi connectivity index (χ1v) is 6.29. The van der Waals surface area contributed by atoms with Gasteiger partial charge in [-0.2, -0.15) is 0 Å². The molecule has 2 atom stereocenters. The van der Waals surface area contributed by atoms with E-state index in [1.165, 1.54) is 0 Å². The van der Waals surface area contributed by atoms with Crippen molar-refractivity contribution < 1.29 is 9.90 Å². The molecule has 2 rings (SSSR count). The number of hydrogen-bond acceptors (Lipinski definition) is 3. The Hall–Kier alpha value is -0.710. The van der Waals surface area contributed by atoms with Crippen LogP contribution in [0.25, 0.3) is 0 Å². The monoisotopic (exact) mass is 257 g/mol. The third kappa shape index (κ3) is 2.90. The minimum Gasteiger partial charge on any atom is -0.480 e. The van der Waals surface area contributed by atoms with Gasteiger partial charge in [0.1, 0.15) is 6.04 Å². The average Bonchev–Trinajstić information content (AvgIpc) is 2.70. The van der Waals surface area contributed by atoms with Crippen molar-refractivity contribution in [2.45, 2.75) is 22.6 Å². The minimum atomic E-state index is -0.765. The molecular formula is C11H12ClNO2S. The molecule has 0 aromatic heterocycles. The lowest BCUT2D eigenvalue weighted by atomic mass is 10.2. The van der Waals surface area contributed by atoms with Crippen molar-refractivity contribution in [3.63, 3.8) is 0 Å². The zero-order chi connectivity index (χ0) is 11.5. The lowest BCUT2D eigenvalue weighted by Gasteiger charge is -2.07. The highest BCUT2D eigenvalue weighted by Crippen LogP contribution is 2.29. The van der Waals surface area contributed by atoms with Crippen LogP contribution in [0.4, 0.5) is 0 Å². The second-order valence-electron chi connectivity index (χ2n) is 3.73. The van der Waals surface area contributed by atoms with Gasteiger partial charge in [0.25, 0.3) is 0 Å². The molecule has 3 nitrogen and oxygen atoms in total. The van der Waals surface area contributed by atoms with Crippen LogP contribution >= 0.6 is 23.4 Å². The van der Waals surface area contributed by atoms with Crippen LogP contribution in [0, 0.1) is 0 Å². The van der Waals surface area contributed by atoms with Crippen molar-refractivity contribution in [3.8, 4) is 0 Å². The number of carbonyl (C=O) groups is 1. The standard InChI is InChI=1S/C11H12ClNO2S/c12-7-1-3-8(4-2-7)16-9-5-10(11(14)15)13-6-9/h1-4,9-10,13H,5-6H2,(H,14,15)/t9-,10+/m1/s1. The molecule has 1 fully saturated rings. The highest BCUT2D eigenvalue weighted by atomic mass is 35.5. The summed E-state index contributed by atoms with van der Waals surface area (Å²) in [6.07, 6.45) is 0.669. The number of halogens is 1. The Bertz CT molecular complexity index is 382. The summed E-state index contributed by atoms with van der Waals surface area (Å²) >= 11 is 7.49. The number of carboxylic acid groups (broad SMARTS) is 1. The van der Waals surface area contributed by atoms with Crippen molar-refractivity contribution in [2.24, 2.45) is 0 Å². The molecule has 1 aromatic rings. The molecule has 0 bridgehead atoms. The maximum Gasteiger partial charge on any atom is 0.320 e. The summed E-state index contributed by atoms with van der Waals surface area (Å²) in [5, 5.41) is 12.9. The number of thioether (sulfide) groups is 1. The Morgan fingerprint density at radius 1 is 1.44 bits per heavy atom. The van der Waals surface area contributed by atoms with Crippen molar-refractivity contribution in [3.05, 3.63) is 29.3 Å². The normalized spacial score (nSPS) is 24.6. The van der Waals surface area contributed by atoms with E-state index < -0.39 is 12.0 Å². The fourth-order valence-corrected chi connectivity index (χ4v) is 2.96. The van der Waals surface area contributed by atoms with Crippen molar-refractivity contribution in [1.29, 1.82) is 0 Å². The first kappa shape index (κ1) is 11.8. The Labute approximate surface area is 103 Å². The second kappa shape index (κ2) is 5.08. The largest absolute Gasteiger partial charge is 0.480 e. The van der Waals surface area contributed by atoms with Crippen LogP contribution in [0.1, 0.15) is 6.42 Å². The molecule has 0 spiro atoms. The van der Waals surface area contributed by atoms with Gasteiger partial charge in [-0.25, -0.2) is 0 Å². The SMILES string of the molecule is O=C(O)[C@@H]1C[C@@H](Sc2ccc(Cl)cc2)CN1. The molecule has 2 N–H and O–H groups in total. The number of rotatable bonds is 3. The molecule has 1 saturated heterocycles. The maximum absolute atomic E-state index is 10.8. The van der Waals surface area contributed by atoms with Gasteiger partial charge >= 0.3 is 5.97 Å². The summed E-state index contributed by atoms with van der Waals surface area (Å²) in [6, 6.07) is 7.22. The highest BCUT2D eigenvalue weighted by Gasteiger charge is 2.29. The van der Waals surface area contributed by atoms with E-state index >= 15 is 0 Å². The van der Waals surface area contributed by atoms with Gasteiger partial charge in [-0.3, -0.25) is 4.79 Å². The van der Waals surface area contributed by atoms with Gasteiger partial charge in [0.05, 0.1) is 0 Å². The van der Waals surface area contributed by atoms with E-state index in [2.05, 4.69) is 5.32 Å². The molecule has 1 heterocycles. The fourth-order valence-electron chi connectivity index (χ4n) is 1.69. The molecule has 0 saturated carbocycles. The van der Waals surface area contributed by atoms with Crippen LogP contribution in [0.5, 0.6) is 0 Å². The molecule has 86 valence electrons. The van der Waals surface area contributed by atoms with Crippen molar-refractivity contribution in [1.82, 2.24) is 5.32 Å². The lowest BCUT2D eigenvalue weighted by molar-refractivity contribution is -0.139. The minimum absolute atomic E-state index is 0.322. The zero-order valence-electron chi connectivity index (χ0n) is 8.52. The van der Waals surface area contributed by atoms with Gasteiger partial charge in [-0.05, 0) is 30.7 Å². The molecule has 0 amide bonds. The van der Waals surface area contributed by atoms with Crippen molar-refractivity contribution in [2.75, 3.05) is 6.54 Å². The molecule has 1 aliphatic heterocycles. The summed E-state index contributed by atoms with van der Waals surface area (Å²) in [7, 11) is 0. The van der Waals surface area contributed by atoms with Crippen LogP contribution in [0.15, 0.2) is 29.2 Å². The average molecular weight is 258 g/mol. The van der Waals surface area contributed by atoms with E-state index in [0.717, 1.165) is 16.5 Å². The van der Waals surface area contributed by atoms with Gasteiger partial charge in [0.15, 0.2) is 0 Å². The van der Waals surface area contributed by atoms with Gasteiger partial charge < -0.3 is 10.4 Å². The quantitative estimate of drug-likeness (QED) is 0.872. The lowest BCUT2D eigenvalue weighted by Crippen LogP contribution is -2.29. The Morgan fingerprint density at radius 2 is 2.12 bits per heavy atom. The van der Waals surface area contributed by atoms with E-state index in [4.69, 9.17) is 16.7 Å². The summed E-state index contributed by atoms with van der Waals surface area (Å²) in [5.74, 6) is -0.765. The van der Waals surface area contributed by atoms with Gasteiger partial charge in [0.2, 0.25) is 0 Å². The first-order chi connectivity index (χ1) is 7.65. The molecule has 1 aromatic carbocycles. The van der Waals surface area contributed by atoms with Crippen LogP contribution in [-0.4, -0.2) is 28.9 Å². The fraction of sp³-hybridized carbons (Fsp3) is 0.364. The summed E-state index contributed by atoms with van der Waals surface area (Å²) in [5.41, 5.74) is 0. The molecule has 0 radical (unpaired) electrons. The number of hydrogen-bond donors (Lipinski definition) is 2. The highest BCUT2D eigenvalue weighted by molar-refractivity contribution is 8.00. The summed E-state index contributed by atoms with van der Waals surface area (Å²) in [4.78, 5) is 11.9. The van der Waals surface area contributed by atoms with E-state index in [1.807, 2.05) is 24.3 Å². The first-order valence-electron chi connectivity index (χ1n) is 5.03. The van der Waals surface area contributed by atoms with Crippen molar-refractivity contribution >= 4 is 29.3 Å². The third-order valence-electron chi connectivity index (χ3n) is 2.50. The molecule has 0 aliphatic carbocycles. The zero-order valence-corrected chi connectivity index (χ0v) is 10.1. The number of aliphatic carboxylic acids is 1. The Kier molecular flexibility index (Phi) is 3.74. The maximum atomic E-state index is 10.8. The van der Waals surface area contributed by atoms with E-state index in [-0.39, 0.29) is 0 Å². The van der Waals surface area contributed by atoms with Gasteiger partial charge in [0, 0.05) is 21.7 Å². The van der Waals surface area contributed by atoms with Gasteiger partial charge in [-0.15, -0.1) is 11.8 Å². The van der Waals surface area contributed by atoms with Crippen LogP contribution < -0.4 is 5.32 Å². The predicted octanol–water partition coefficient (Wildman–Crippen LogP) is 2.25. The van der Waals surface area contributed by atoms with E-state index in [1.54, 1.807) is 11.8 Å². The number of nitrogens with one attached hydrogen (secondary N) is 1. The molecule has 0 unspecified atom stereocenters. The summed E-state index contributed by atoms with van der Waals surface area (Å²) in [6.45, 7) is 0.740. The number of carboxylic acids is 1. The topological polar surface area (TPSA) is 49.3 Å². The van der Waals surface area contributed by atoms with Crippen LogP contribution in [0.3, 0.4) is 0 Å². The predicted molar refractivity (Wildman–Crippen MR) is 65.1 cm³/mol.